The third-order valence-electron chi connectivity index (χ3n) is 3.09. The molecular weight excluding hydrogens is 258 g/mol. The molecule has 0 saturated carbocycles. The Bertz CT molecular complexity index is 656. The predicted octanol–water partition coefficient (Wildman–Crippen LogP) is 1.26. The van der Waals surface area contributed by atoms with E-state index in [0.717, 1.165) is 11.3 Å². The first-order valence-corrected chi connectivity index (χ1v) is 6.08. The first-order valence-electron chi connectivity index (χ1n) is 6.08. The SMILES string of the molecule is Nc1ncc(-c2ccc(N3CCOC3=O)cc2)c(N)n1. The summed E-state index contributed by atoms with van der Waals surface area (Å²) in [7, 11) is 0. The molecule has 1 aromatic carbocycles. The molecule has 1 fully saturated rings. The number of cyclic esters (lactones) is 1. The van der Waals surface area contributed by atoms with Gasteiger partial charge in [0.2, 0.25) is 5.95 Å². The van der Waals surface area contributed by atoms with Crippen LogP contribution in [0.2, 0.25) is 0 Å². The van der Waals surface area contributed by atoms with E-state index in [4.69, 9.17) is 16.2 Å². The van der Waals surface area contributed by atoms with Crippen LogP contribution in [0.4, 0.5) is 22.2 Å². The minimum atomic E-state index is -0.326. The summed E-state index contributed by atoms with van der Waals surface area (Å²) in [5.41, 5.74) is 13.6. The molecule has 0 aliphatic carbocycles. The number of hydrogen-bond acceptors (Lipinski definition) is 6. The van der Waals surface area contributed by atoms with Gasteiger partial charge in [-0.05, 0) is 17.7 Å². The van der Waals surface area contributed by atoms with Gasteiger partial charge in [-0.3, -0.25) is 4.90 Å². The van der Waals surface area contributed by atoms with Crippen LogP contribution >= 0.6 is 0 Å². The number of nitrogens with zero attached hydrogens (tertiary/aromatic N) is 3. The Labute approximate surface area is 115 Å². The number of nitrogen functional groups attached to an aromatic ring is 2. The molecule has 0 bridgehead atoms. The first kappa shape index (κ1) is 12.2. The summed E-state index contributed by atoms with van der Waals surface area (Å²) >= 11 is 0. The first-order chi connectivity index (χ1) is 9.65. The molecule has 1 amide bonds. The molecule has 20 heavy (non-hydrogen) atoms. The molecule has 0 radical (unpaired) electrons. The molecule has 2 heterocycles. The van der Waals surface area contributed by atoms with E-state index in [1.807, 2.05) is 24.3 Å². The van der Waals surface area contributed by atoms with Crippen LogP contribution in [0.5, 0.6) is 0 Å². The number of amides is 1. The largest absolute Gasteiger partial charge is 0.447 e. The number of anilines is 3. The quantitative estimate of drug-likeness (QED) is 0.851. The highest BCUT2D eigenvalue weighted by molar-refractivity contribution is 5.89. The van der Waals surface area contributed by atoms with Crippen molar-refractivity contribution in [1.29, 1.82) is 0 Å². The van der Waals surface area contributed by atoms with Crippen LogP contribution in [0.3, 0.4) is 0 Å². The molecule has 1 aliphatic rings. The second-order valence-corrected chi connectivity index (χ2v) is 4.34. The van der Waals surface area contributed by atoms with Gasteiger partial charge in [0, 0.05) is 17.4 Å². The summed E-state index contributed by atoms with van der Waals surface area (Å²) in [5.74, 6) is 0.466. The average Bonchev–Trinajstić information content (AvgIpc) is 2.85. The van der Waals surface area contributed by atoms with Crippen LogP contribution in [0, 0.1) is 0 Å². The van der Waals surface area contributed by atoms with Crippen molar-refractivity contribution in [3.63, 3.8) is 0 Å². The molecule has 1 aromatic heterocycles. The van der Waals surface area contributed by atoms with Crippen LogP contribution < -0.4 is 16.4 Å². The zero-order chi connectivity index (χ0) is 14.1. The third-order valence-corrected chi connectivity index (χ3v) is 3.09. The number of hydrogen-bond donors (Lipinski definition) is 2. The van der Waals surface area contributed by atoms with E-state index in [-0.39, 0.29) is 12.0 Å². The summed E-state index contributed by atoms with van der Waals surface area (Å²) in [6.45, 7) is 0.977. The van der Waals surface area contributed by atoms with Crippen LogP contribution in [0.25, 0.3) is 11.1 Å². The van der Waals surface area contributed by atoms with Crippen molar-refractivity contribution in [2.75, 3.05) is 29.5 Å². The van der Waals surface area contributed by atoms with E-state index in [9.17, 15) is 4.79 Å². The Morgan fingerprint density at radius 2 is 1.95 bits per heavy atom. The van der Waals surface area contributed by atoms with Gasteiger partial charge in [-0.2, -0.15) is 4.98 Å². The maximum absolute atomic E-state index is 11.5. The van der Waals surface area contributed by atoms with Crippen molar-refractivity contribution < 1.29 is 9.53 Å². The predicted molar refractivity (Wildman–Crippen MR) is 75.0 cm³/mol. The summed E-state index contributed by atoms with van der Waals surface area (Å²) < 4.78 is 4.90. The van der Waals surface area contributed by atoms with E-state index in [0.29, 0.717) is 24.5 Å². The summed E-state index contributed by atoms with van der Waals surface area (Å²) in [5, 5.41) is 0. The standard InChI is InChI=1S/C13H13N5O2/c14-11-10(7-16-12(15)17-11)8-1-3-9(4-2-8)18-5-6-20-13(18)19/h1-4,7H,5-6H2,(H4,14,15,16,17). The normalized spacial score (nSPS) is 14.4. The number of nitrogens with two attached hydrogens (primary N) is 2. The van der Waals surface area contributed by atoms with Gasteiger partial charge in [0.1, 0.15) is 12.4 Å². The van der Waals surface area contributed by atoms with Gasteiger partial charge in [-0.25, -0.2) is 9.78 Å². The van der Waals surface area contributed by atoms with E-state index < -0.39 is 0 Å². The zero-order valence-electron chi connectivity index (χ0n) is 10.6. The van der Waals surface area contributed by atoms with Crippen molar-refractivity contribution in [1.82, 2.24) is 9.97 Å². The lowest BCUT2D eigenvalue weighted by Crippen LogP contribution is -2.23. The number of carbonyl (C=O) groups is 1. The van der Waals surface area contributed by atoms with Gasteiger partial charge in [0.15, 0.2) is 0 Å². The van der Waals surface area contributed by atoms with Gasteiger partial charge in [0.05, 0.1) is 6.54 Å². The second kappa shape index (κ2) is 4.69. The minimum Gasteiger partial charge on any atom is -0.447 e. The lowest BCUT2D eigenvalue weighted by molar-refractivity contribution is 0.181. The molecular formula is C13H13N5O2. The highest BCUT2D eigenvalue weighted by Crippen LogP contribution is 2.27. The van der Waals surface area contributed by atoms with Crippen molar-refractivity contribution in [2.45, 2.75) is 0 Å². The molecule has 7 heteroatoms. The van der Waals surface area contributed by atoms with Crippen LogP contribution in [0.1, 0.15) is 0 Å². The van der Waals surface area contributed by atoms with Crippen LogP contribution in [-0.2, 0) is 4.74 Å². The molecule has 1 aliphatic heterocycles. The maximum atomic E-state index is 11.5. The monoisotopic (exact) mass is 271 g/mol. The number of rotatable bonds is 2. The fraction of sp³-hybridized carbons (Fsp3) is 0.154. The summed E-state index contributed by atoms with van der Waals surface area (Å²) in [6.07, 6.45) is 1.25. The lowest BCUT2D eigenvalue weighted by atomic mass is 10.1. The molecule has 102 valence electrons. The Hall–Kier alpha value is -2.83. The number of carbonyl (C=O) groups excluding carboxylic acids is 1. The second-order valence-electron chi connectivity index (χ2n) is 4.34. The molecule has 2 aromatic rings. The van der Waals surface area contributed by atoms with Crippen LogP contribution in [-0.4, -0.2) is 29.2 Å². The highest BCUT2D eigenvalue weighted by Gasteiger charge is 2.23. The van der Waals surface area contributed by atoms with Gasteiger partial charge in [0.25, 0.3) is 0 Å². The van der Waals surface area contributed by atoms with E-state index in [2.05, 4.69) is 9.97 Å². The molecule has 1 saturated heterocycles. The molecule has 0 atom stereocenters. The zero-order valence-corrected chi connectivity index (χ0v) is 10.6. The van der Waals surface area contributed by atoms with Crippen molar-refractivity contribution in [2.24, 2.45) is 0 Å². The Balaban J connectivity index is 1.91. The summed E-state index contributed by atoms with van der Waals surface area (Å²) in [4.78, 5) is 20.9. The molecule has 4 N–H and O–H groups in total. The van der Waals surface area contributed by atoms with Gasteiger partial charge >= 0.3 is 6.09 Å². The minimum absolute atomic E-state index is 0.141. The van der Waals surface area contributed by atoms with Crippen molar-refractivity contribution in [3.8, 4) is 11.1 Å². The summed E-state index contributed by atoms with van der Waals surface area (Å²) in [6, 6.07) is 7.37. The van der Waals surface area contributed by atoms with E-state index in [1.165, 1.54) is 0 Å². The highest BCUT2D eigenvalue weighted by atomic mass is 16.6. The van der Waals surface area contributed by atoms with Gasteiger partial charge in [-0.1, -0.05) is 12.1 Å². The topological polar surface area (TPSA) is 107 Å². The van der Waals surface area contributed by atoms with Crippen molar-refractivity contribution >= 4 is 23.5 Å². The fourth-order valence-electron chi connectivity index (χ4n) is 2.08. The molecule has 7 nitrogen and oxygen atoms in total. The maximum Gasteiger partial charge on any atom is 0.414 e. The molecule has 3 rings (SSSR count). The smallest absolute Gasteiger partial charge is 0.414 e. The Morgan fingerprint density at radius 3 is 2.55 bits per heavy atom. The molecule has 0 spiro atoms. The van der Waals surface area contributed by atoms with E-state index in [1.54, 1.807) is 11.1 Å². The third kappa shape index (κ3) is 2.09. The Morgan fingerprint density at radius 1 is 1.20 bits per heavy atom. The Kier molecular flexibility index (Phi) is 2.86. The van der Waals surface area contributed by atoms with Crippen LogP contribution in [0.15, 0.2) is 30.5 Å². The number of benzene rings is 1. The fourth-order valence-corrected chi connectivity index (χ4v) is 2.08. The number of aromatic nitrogens is 2. The van der Waals surface area contributed by atoms with E-state index >= 15 is 0 Å². The average molecular weight is 271 g/mol. The number of ether oxygens (including phenoxy) is 1. The van der Waals surface area contributed by atoms with Gasteiger partial charge in [-0.15, -0.1) is 0 Å². The lowest BCUT2D eigenvalue weighted by Gasteiger charge is -2.13. The van der Waals surface area contributed by atoms with Crippen molar-refractivity contribution in [3.05, 3.63) is 30.5 Å². The molecule has 0 unspecified atom stereocenters. The van der Waals surface area contributed by atoms with Gasteiger partial charge < -0.3 is 16.2 Å².